The van der Waals surface area contributed by atoms with Gasteiger partial charge in [0, 0.05) is 14.2 Å². The third kappa shape index (κ3) is 6.41. The molecule has 0 amide bonds. The van der Waals surface area contributed by atoms with E-state index < -0.39 is 0 Å². The van der Waals surface area contributed by atoms with Crippen molar-refractivity contribution in [3.8, 4) is 22.3 Å². The van der Waals surface area contributed by atoms with E-state index in [9.17, 15) is 0 Å². The van der Waals surface area contributed by atoms with Gasteiger partial charge in [0.1, 0.15) is 0 Å². The lowest BCUT2D eigenvalue weighted by Crippen LogP contribution is -1.88. The van der Waals surface area contributed by atoms with Crippen molar-refractivity contribution in [2.45, 2.75) is 13.2 Å². The van der Waals surface area contributed by atoms with Gasteiger partial charge in [0.25, 0.3) is 0 Å². The zero-order valence-corrected chi connectivity index (χ0v) is 17.6. The smallest absolute Gasteiger partial charge is 0.0713 e. The molecule has 0 fully saturated rings. The molecule has 0 aliphatic carbocycles. The molecular weight excluding hydrogens is 368 g/mol. The zero-order chi connectivity index (χ0) is 21.0. The number of hydrogen-bond acceptors (Lipinski definition) is 2. The monoisotopic (exact) mass is 396 g/mol. The van der Waals surface area contributed by atoms with Crippen LogP contribution in [0.1, 0.15) is 11.1 Å². The lowest BCUT2D eigenvalue weighted by Gasteiger charge is -2.05. The fourth-order valence-electron chi connectivity index (χ4n) is 3.18. The molecule has 30 heavy (non-hydrogen) atoms. The van der Waals surface area contributed by atoms with Crippen LogP contribution in [0.5, 0.6) is 0 Å². The van der Waals surface area contributed by atoms with E-state index in [1.165, 1.54) is 33.4 Å². The lowest BCUT2D eigenvalue weighted by atomic mass is 10.0. The van der Waals surface area contributed by atoms with E-state index >= 15 is 0 Å². The van der Waals surface area contributed by atoms with Crippen LogP contribution in [0.3, 0.4) is 0 Å². The SMILES string of the molecule is COCc1ccc(-c2ccc(COC)cc2)cc1.c1ccc(-c2ccccc2)cc1. The average molecular weight is 397 g/mol. The first-order valence-electron chi connectivity index (χ1n) is 10.1. The van der Waals surface area contributed by atoms with Crippen molar-refractivity contribution >= 4 is 0 Å². The van der Waals surface area contributed by atoms with E-state index in [1.54, 1.807) is 14.2 Å². The van der Waals surface area contributed by atoms with E-state index in [4.69, 9.17) is 9.47 Å². The molecule has 0 bridgehead atoms. The molecule has 0 heterocycles. The number of methoxy groups -OCH3 is 2. The van der Waals surface area contributed by atoms with E-state index in [-0.39, 0.29) is 0 Å². The lowest BCUT2D eigenvalue weighted by molar-refractivity contribution is 0.185. The minimum absolute atomic E-state index is 0.660. The molecule has 4 aromatic carbocycles. The van der Waals surface area contributed by atoms with Gasteiger partial charge in [-0.2, -0.15) is 0 Å². The Labute approximate surface area is 179 Å². The summed E-state index contributed by atoms with van der Waals surface area (Å²) in [6.07, 6.45) is 0. The molecule has 152 valence electrons. The molecule has 0 saturated heterocycles. The molecule has 4 rings (SSSR count). The summed E-state index contributed by atoms with van der Waals surface area (Å²) in [5, 5.41) is 0. The largest absolute Gasteiger partial charge is 0.380 e. The highest BCUT2D eigenvalue weighted by Gasteiger charge is 1.99. The molecule has 0 aliphatic heterocycles. The predicted octanol–water partition coefficient (Wildman–Crippen LogP) is 7.00. The van der Waals surface area contributed by atoms with Crippen LogP contribution >= 0.6 is 0 Å². The maximum absolute atomic E-state index is 5.10. The molecule has 0 atom stereocenters. The van der Waals surface area contributed by atoms with Gasteiger partial charge >= 0.3 is 0 Å². The summed E-state index contributed by atoms with van der Waals surface area (Å²) in [4.78, 5) is 0. The molecule has 0 radical (unpaired) electrons. The predicted molar refractivity (Wildman–Crippen MR) is 125 cm³/mol. The van der Waals surface area contributed by atoms with Crippen molar-refractivity contribution in [3.63, 3.8) is 0 Å². The van der Waals surface area contributed by atoms with E-state index in [0.717, 1.165) is 0 Å². The van der Waals surface area contributed by atoms with Gasteiger partial charge in [-0.05, 0) is 33.4 Å². The average Bonchev–Trinajstić information content (AvgIpc) is 2.82. The highest BCUT2D eigenvalue weighted by atomic mass is 16.5. The van der Waals surface area contributed by atoms with Crippen molar-refractivity contribution in [1.29, 1.82) is 0 Å². The summed E-state index contributed by atoms with van der Waals surface area (Å²) in [6.45, 7) is 1.32. The highest BCUT2D eigenvalue weighted by molar-refractivity contribution is 5.64. The Kier molecular flexibility index (Phi) is 8.40. The molecule has 4 aromatic rings. The van der Waals surface area contributed by atoms with Crippen molar-refractivity contribution in [2.75, 3.05) is 14.2 Å². The topological polar surface area (TPSA) is 18.5 Å². The van der Waals surface area contributed by atoms with Gasteiger partial charge in [0.15, 0.2) is 0 Å². The molecule has 2 heteroatoms. The Balaban J connectivity index is 0.000000184. The van der Waals surface area contributed by atoms with Crippen LogP contribution in [0.25, 0.3) is 22.3 Å². The molecule has 2 nitrogen and oxygen atoms in total. The molecule has 0 N–H and O–H groups in total. The van der Waals surface area contributed by atoms with E-state index in [0.29, 0.717) is 13.2 Å². The van der Waals surface area contributed by atoms with Gasteiger partial charge in [-0.1, -0.05) is 109 Å². The van der Waals surface area contributed by atoms with Crippen molar-refractivity contribution in [2.24, 2.45) is 0 Å². The first kappa shape index (κ1) is 21.5. The second-order valence-corrected chi connectivity index (χ2v) is 6.99. The van der Waals surface area contributed by atoms with Crippen LogP contribution in [-0.4, -0.2) is 14.2 Å². The number of benzene rings is 4. The van der Waals surface area contributed by atoms with Gasteiger partial charge in [-0.15, -0.1) is 0 Å². The van der Waals surface area contributed by atoms with E-state index in [2.05, 4.69) is 97.1 Å². The summed E-state index contributed by atoms with van der Waals surface area (Å²) in [5.74, 6) is 0. The van der Waals surface area contributed by atoms with Crippen LogP contribution in [0.2, 0.25) is 0 Å². The van der Waals surface area contributed by atoms with Gasteiger partial charge in [-0.25, -0.2) is 0 Å². The standard InChI is InChI=1S/C16H18O2.C12H10/c1-17-11-13-3-7-15(8-4-13)16-9-5-14(6-10-16)12-18-2;1-3-7-11(8-4-1)12-9-5-2-6-10-12/h3-10H,11-12H2,1-2H3;1-10H. The molecule has 0 aliphatic rings. The summed E-state index contributed by atoms with van der Waals surface area (Å²) >= 11 is 0. The van der Waals surface area contributed by atoms with Crippen LogP contribution in [-0.2, 0) is 22.7 Å². The number of hydrogen-bond donors (Lipinski definition) is 0. The number of ether oxygens (including phenoxy) is 2. The molecule has 0 aromatic heterocycles. The van der Waals surface area contributed by atoms with Crippen molar-refractivity contribution in [1.82, 2.24) is 0 Å². The van der Waals surface area contributed by atoms with Gasteiger partial charge in [-0.3, -0.25) is 0 Å². The summed E-state index contributed by atoms with van der Waals surface area (Å²) in [5.41, 5.74) is 7.38. The van der Waals surface area contributed by atoms with Crippen LogP contribution in [0.4, 0.5) is 0 Å². The Morgan fingerprint density at radius 1 is 0.400 bits per heavy atom. The quantitative estimate of drug-likeness (QED) is 0.349. The van der Waals surface area contributed by atoms with Crippen molar-refractivity contribution in [3.05, 3.63) is 120 Å². The van der Waals surface area contributed by atoms with E-state index in [1.807, 2.05) is 12.1 Å². The third-order valence-corrected chi connectivity index (χ3v) is 4.74. The summed E-state index contributed by atoms with van der Waals surface area (Å²) < 4.78 is 10.2. The second kappa shape index (κ2) is 11.7. The zero-order valence-electron chi connectivity index (χ0n) is 17.6. The maximum atomic E-state index is 5.10. The molecule has 0 saturated carbocycles. The molecule has 0 unspecified atom stereocenters. The molecule has 0 spiro atoms. The Morgan fingerprint density at radius 2 is 0.700 bits per heavy atom. The first-order valence-corrected chi connectivity index (χ1v) is 10.1. The Bertz CT molecular complexity index is 891. The fourth-order valence-corrected chi connectivity index (χ4v) is 3.18. The van der Waals surface area contributed by atoms with Gasteiger partial charge in [0.05, 0.1) is 13.2 Å². The van der Waals surface area contributed by atoms with Crippen LogP contribution in [0, 0.1) is 0 Å². The van der Waals surface area contributed by atoms with Crippen LogP contribution in [0.15, 0.2) is 109 Å². The fraction of sp³-hybridized carbons (Fsp3) is 0.143. The summed E-state index contributed by atoms with van der Waals surface area (Å²) in [7, 11) is 3.42. The van der Waals surface area contributed by atoms with Gasteiger partial charge in [0.2, 0.25) is 0 Å². The first-order chi connectivity index (χ1) is 14.8. The third-order valence-electron chi connectivity index (χ3n) is 4.74. The van der Waals surface area contributed by atoms with Crippen molar-refractivity contribution < 1.29 is 9.47 Å². The normalized spacial score (nSPS) is 10.2. The maximum Gasteiger partial charge on any atom is 0.0713 e. The minimum Gasteiger partial charge on any atom is -0.380 e. The summed E-state index contributed by atoms with van der Waals surface area (Å²) in [6, 6.07) is 37.7. The second-order valence-electron chi connectivity index (χ2n) is 6.99. The molecular formula is C28H28O2. The number of rotatable bonds is 6. The highest BCUT2D eigenvalue weighted by Crippen LogP contribution is 2.21. The Hall–Kier alpha value is -3.20. The van der Waals surface area contributed by atoms with Crippen LogP contribution < -0.4 is 0 Å². The Morgan fingerprint density at radius 3 is 1.00 bits per heavy atom. The minimum atomic E-state index is 0.660. The van der Waals surface area contributed by atoms with Gasteiger partial charge < -0.3 is 9.47 Å².